The normalized spacial score (nSPS) is 12.3. The van der Waals surface area contributed by atoms with Crippen LogP contribution in [0.4, 0.5) is 5.69 Å². The molecule has 0 aliphatic rings. The number of nitrogens with one attached hydrogen (secondary N) is 1. The fraction of sp³-hybridized carbons (Fsp3) is 0.200. The number of H-pyrrole nitrogens is 1. The Morgan fingerprint density at radius 3 is 2.83 bits per heavy atom. The molecule has 8 nitrogen and oxygen atoms in total. The van der Waals surface area contributed by atoms with Crippen LogP contribution >= 0.6 is 0 Å². The van der Waals surface area contributed by atoms with Gasteiger partial charge < -0.3 is 10.8 Å². The maximum Gasteiger partial charge on any atom is 0.270 e. The Kier molecular flexibility index (Phi) is 2.94. The van der Waals surface area contributed by atoms with Gasteiger partial charge >= 0.3 is 0 Å². The van der Waals surface area contributed by atoms with E-state index in [9.17, 15) is 15.2 Å². The lowest BCUT2D eigenvalue weighted by Gasteiger charge is -2.00. The number of hydrogen-bond donors (Lipinski definition) is 3. The van der Waals surface area contributed by atoms with Gasteiger partial charge in [0.25, 0.3) is 5.69 Å². The van der Waals surface area contributed by atoms with Crippen LogP contribution in [-0.2, 0) is 0 Å². The third-order valence-electron chi connectivity index (χ3n) is 2.37. The van der Waals surface area contributed by atoms with Crippen molar-refractivity contribution in [2.45, 2.75) is 13.0 Å². The van der Waals surface area contributed by atoms with Gasteiger partial charge in [-0.25, -0.2) is 4.98 Å². The van der Waals surface area contributed by atoms with Crippen LogP contribution in [0.5, 0.6) is 5.75 Å². The van der Waals surface area contributed by atoms with Gasteiger partial charge in [0.2, 0.25) is 0 Å². The van der Waals surface area contributed by atoms with Crippen molar-refractivity contribution in [3.8, 4) is 17.1 Å². The van der Waals surface area contributed by atoms with Crippen molar-refractivity contribution in [2.75, 3.05) is 0 Å². The molecule has 2 aromatic rings. The molecule has 0 spiro atoms. The van der Waals surface area contributed by atoms with Crippen molar-refractivity contribution in [3.05, 3.63) is 34.1 Å². The number of phenolic OH excluding ortho intramolecular Hbond substituents is 1. The summed E-state index contributed by atoms with van der Waals surface area (Å²) in [6.45, 7) is 1.72. The molecule has 4 N–H and O–H groups in total. The van der Waals surface area contributed by atoms with E-state index >= 15 is 0 Å². The van der Waals surface area contributed by atoms with Crippen molar-refractivity contribution in [3.63, 3.8) is 0 Å². The van der Waals surface area contributed by atoms with Crippen LogP contribution in [0, 0.1) is 10.1 Å². The molecule has 0 bridgehead atoms. The first kappa shape index (κ1) is 12.0. The molecule has 0 aliphatic carbocycles. The summed E-state index contributed by atoms with van der Waals surface area (Å²) in [5.74, 6) is 0.482. The maximum absolute atomic E-state index is 10.7. The molecule has 0 amide bonds. The summed E-state index contributed by atoms with van der Waals surface area (Å²) in [5.41, 5.74) is 5.66. The van der Waals surface area contributed by atoms with E-state index in [1.54, 1.807) is 6.92 Å². The number of nitro benzene ring substituents is 1. The number of rotatable bonds is 3. The fourth-order valence-electron chi connectivity index (χ4n) is 1.42. The van der Waals surface area contributed by atoms with E-state index in [4.69, 9.17) is 5.73 Å². The zero-order chi connectivity index (χ0) is 13.3. The number of benzene rings is 1. The van der Waals surface area contributed by atoms with Crippen molar-refractivity contribution >= 4 is 5.69 Å². The van der Waals surface area contributed by atoms with Crippen LogP contribution in [0.25, 0.3) is 11.4 Å². The van der Waals surface area contributed by atoms with Gasteiger partial charge in [-0.3, -0.25) is 15.2 Å². The molecule has 8 heteroatoms. The largest absolute Gasteiger partial charge is 0.507 e. The van der Waals surface area contributed by atoms with Crippen LogP contribution in [0.15, 0.2) is 18.2 Å². The topological polar surface area (TPSA) is 131 Å². The Morgan fingerprint density at radius 1 is 1.56 bits per heavy atom. The molecule has 94 valence electrons. The van der Waals surface area contributed by atoms with Crippen LogP contribution in [0.2, 0.25) is 0 Å². The van der Waals surface area contributed by atoms with Gasteiger partial charge in [0, 0.05) is 12.1 Å². The number of aromatic nitrogens is 3. The van der Waals surface area contributed by atoms with Gasteiger partial charge in [-0.2, -0.15) is 5.10 Å². The highest BCUT2D eigenvalue weighted by atomic mass is 16.6. The molecule has 0 aliphatic heterocycles. The second kappa shape index (κ2) is 4.41. The maximum atomic E-state index is 10.7. The molecule has 0 saturated carbocycles. The number of phenols is 1. The molecule has 2 rings (SSSR count). The quantitative estimate of drug-likeness (QED) is 0.551. The van der Waals surface area contributed by atoms with Gasteiger partial charge in [-0.15, -0.1) is 0 Å². The van der Waals surface area contributed by atoms with E-state index in [-0.39, 0.29) is 28.9 Å². The van der Waals surface area contributed by atoms with Crippen molar-refractivity contribution < 1.29 is 10.0 Å². The van der Waals surface area contributed by atoms with E-state index in [1.165, 1.54) is 18.2 Å². The minimum absolute atomic E-state index is 0.129. The van der Waals surface area contributed by atoms with Gasteiger partial charge in [0.15, 0.2) is 5.82 Å². The number of nitrogens with two attached hydrogens (primary N) is 1. The summed E-state index contributed by atoms with van der Waals surface area (Å²) in [6, 6.07) is 3.31. The summed E-state index contributed by atoms with van der Waals surface area (Å²) in [4.78, 5) is 14.2. The van der Waals surface area contributed by atoms with Crippen molar-refractivity contribution in [1.82, 2.24) is 15.2 Å². The van der Waals surface area contributed by atoms with Crippen LogP contribution in [0.1, 0.15) is 18.8 Å². The summed E-state index contributed by atoms with van der Waals surface area (Å²) >= 11 is 0. The highest BCUT2D eigenvalue weighted by molar-refractivity contribution is 5.66. The van der Waals surface area contributed by atoms with Crippen LogP contribution in [-0.4, -0.2) is 25.2 Å². The molecular formula is C10H11N5O3. The summed E-state index contributed by atoms with van der Waals surface area (Å²) < 4.78 is 0. The number of hydrogen-bond acceptors (Lipinski definition) is 6. The highest BCUT2D eigenvalue weighted by Gasteiger charge is 2.16. The number of nitrogens with zero attached hydrogens (tertiary/aromatic N) is 3. The lowest BCUT2D eigenvalue weighted by molar-refractivity contribution is -0.384. The van der Waals surface area contributed by atoms with Crippen molar-refractivity contribution in [2.24, 2.45) is 5.73 Å². The first-order valence-electron chi connectivity index (χ1n) is 5.14. The standard InChI is InChI=1S/C10H11N5O3/c1-5(11)9-12-10(14-13-9)7-4-6(15(17)18)2-3-8(7)16/h2-5,16H,11H2,1H3,(H,12,13,14)/t5-/m1/s1. The Labute approximate surface area is 102 Å². The third kappa shape index (κ3) is 2.13. The third-order valence-corrected chi connectivity index (χ3v) is 2.37. The molecule has 18 heavy (non-hydrogen) atoms. The molecule has 1 atom stereocenters. The minimum atomic E-state index is -0.554. The molecule has 0 fully saturated rings. The zero-order valence-electron chi connectivity index (χ0n) is 9.49. The average molecular weight is 249 g/mol. The van der Waals surface area contributed by atoms with E-state index in [0.717, 1.165) is 0 Å². The molecule has 0 unspecified atom stereocenters. The van der Waals surface area contributed by atoms with E-state index in [1.807, 2.05) is 0 Å². The van der Waals surface area contributed by atoms with Gasteiger partial charge in [0.05, 0.1) is 16.5 Å². The lowest BCUT2D eigenvalue weighted by Crippen LogP contribution is -2.06. The van der Waals surface area contributed by atoms with Gasteiger partial charge in [0.1, 0.15) is 11.6 Å². The Morgan fingerprint density at radius 2 is 2.28 bits per heavy atom. The summed E-state index contributed by atoms with van der Waals surface area (Å²) in [5, 5.41) is 26.8. The lowest BCUT2D eigenvalue weighted by atomic mass is 10.1. The molecule has 0 saturated heterocycles. The Hall–Kier alpha value is -2.48. The second-order valence-electron chi connectivity index (χ2n) is 3.79. The van der Waals surface area contributed by atoms with Gasteiger partial charge in [-0.05, 0) is 13.0 Å². The Bertz CT molecular complexity index is 593. The van der Waals surface area contributed by atoms with E-state index < -0.39 is 4.92 Å². The number of aromatic hydroxyl groups is 1. The number of aromatic amines is 1. The molecular weight excluding hydrogens is 238 g/mol. The molecule has 1 aromatic carbocycles. The summed E-state index contributed by atoms with van der Waals surface area (Å²) in [6.07, 6.45) is 0. The summed E-state index contributed by atoms with van der Waals surface area (Å²) in [7, 11) is 0. The predicted octanol–water partition coefficient (Wildman–Crippen LogP) is 1.11. The smallest absolute Gasteiger partial charge is 0.270 e. The molecule has 0 radical (unpaired) electrons. The van der Waals surface area contributed by atoms with Crippen LogP contribution < -0.4 is 5.73 Å². The fourth-order valence-corrected chi connectivity index (χ4v) is 1.42. The van der Waals surface area contributed by atoms with Crippen molar-refractivity contribution in [1.29, 1.82) is 0 Å². The number of nitro groups is 1. The Balaban J connectivity index is 2.48. The SMILES string of the molecule is C[C@@H](N)c1nc(-c2cc([N+](=O)[O-])ccc2O)n[nH]1. The zero-order valence-corrected chi connectivity index (χ0v) is 9.49. The van der Waals surface area contributed by atoms with Crippen LogP contribution in [0.3, 0.4) is 0 Å². The first-order valence-corrected chi connectivity index (χ1v) is 5.14. The highest BCUT2D eigenvalue weighted by Crippen LogP contribution is 2.30. The average Bonchev–Trinajstić information content (AvgIpc) is 2.78. The first-order chi connectivity index (χ1) is 8.49. The molecule has 1 aromatic heterocycles. The molecule has 1 heterocycles. The van der Waals surface area contributed by atoms with E-state index in [0.29, 0.717) is 5.82 Å². The predicted molar refractivity (Wildman–Crippen MR) is 62.7 cm³/mol. The van der Waals surface area contributed by atoms with E-state index in [2.05, 4.69) is 15.2 Å². The monoisotopic (exact) mass is 249 g/mol. The minimum Gasteiger partial charge on any atom is -0.507 e. The number of non-ortho nitro benzene ring substituents is 1. The second-order valence-corrected chi connectivity index (χ2v) is 3.79. The van der Waals surface area contributed by atoms with Gasteiger partial charge in [-0.1, -0.05) is 0 Å².